The maximum atomic E-state index is 5.36. The molecule has 3 nitrogen and oxygen atoms in total. The number of nitrogens with one attached hydrogen (secondary N) is 1. The van der Waals surface area contributed by atoms with Crippen LogP contribution in [0, 0.1) is 0 Å². The van der Waals surface area contributed by atoms with Crippen molar-refractivity contribution in [2.24, 2.45) is 0 Å². The molecule has 1 fully saturated rings. The van der Waals surface area contributed by atoms with E-state index in [9.17, 15) is 0 Å². The Morgan fingerprint density at radius 2 is 1.95 bits per heavy atom. The lowest BCUT2D eigenvalue weighted by atomic mass is 10.1. The monoisotopic (exact) mass is 276 g/mol. The van der Waals surface area contributed by atoms with Crippen LogP contribution in [0.2, 0.25) is 0 Å². The molecule has 112 valence electrons. The maximum Gasteiger partial charge on any atom is 0.0594 e. The summed E-state index contributed by atoms with van der Waals surface area (Å²) >= 11 is 0. The van der Waals surface area contributed by atoms with E-state index in [2.05, 4.69) is 47.5 Å². The van der Waals surface area contributed by atoms with Crippen LogP contribution in [0.15, 0.2) is 30.3 Å². The molecule has 1 saturated heterocycles. The molecule has 0 aliphatic carbocycles. The smallest absolute Gasteiger partial charge is 0.0594 e. The molecule has 1 aliphatic heterocycles. The normalized spacial score (nSPS) is 18.1. The highest BCUT2D eigenvalue weighted by atomic mass is 16.5. The minimum absolute atomic E-state index is 0.597. The van der Waals surface area contributed by atoms with Crippen LogP contribution in [-0.4, -0.2) is 50.3 Å². The third-order valence-electron chi connectivity index (χ3n) is 3.96. The van der Waals surface area contributed by atoms with E-state index in [0.717, 1.165) is 32.8 Å². The van der Waals surface area contributed by atoms with Crippen molar-refractivity contribution in [1.29, 1.82) is 0 Å². The Morgan fingerprint density at radius 1 is 1.20 bits per heavy atom. The average Bonchev–Trinajstić information content (AvgIpc) is 2.52. The molecule has 0 bridgehead atoms. The van der Waals surface area contributed by atoms with E-state index in [1.54, 1.807) is 0 Å². The zero-order valence-corrected chi connectivity index (χ0v) is 12.7. The van der Waals surface area contributed by atoms with Crippen LogP contribution in [0.25, 0.3) is 0 Å². The third kappa shape index (κ3) is 6.04. The second-order valence-corrected chi connectivity index (χ2v) is 5.69. The van der Waals surface area contributed by atoms with Crippen LogP contribution in [0.4, 0.5) is 0 Å². The molecule has 1 atom stereocenters. The van der Waals surface area contributed by atoms with Gasteiger partial charge in [-0.25, -0.2) is 0 Å². The number of aryl methyl sites for hydroxylation is 1. The van der Waals surface area contributed by atoms with Crippen LogP contribution in [0.3, 0.4) is 0 Å². The quantitative estimate of drug-likeness (QED) is 0.738. The first-order valence-corrected chi connectivity index (χ1v) is 7.92. The van der Waals surface area contributed by atoms with Crippen LogP contribution >= 0.6 is 0 Å². The lowest BCUT2D eigenvalue weighted by Gasteiger charge is -2.26. The van der Waals surface area contributed by atoms with Crippen LogP contribution < -0.4 is 5.32 Å². The van der Waals surface area contributed by atoms with E-state index >= 15 is 0 Å². The number of rotatable bonds is 8. The van der Waals surface area contributed by atoms with Gasteiger partial charge in [0.05, 0.1) is 13.2 Å². The zero-order valence-electron chi connectivity index (χ0n) is 12.7. The van der Waals surface area contributed by atoms with Gasteiger partial charge in [0.25, 0.3) is 0 Å². The van der Waals surface area contributed by atoms with Crippen molar-refractivity contribution in [2.45, 2.75) is 32.2 Å². The third-order valence-corrected chi connectivity index (χ3v) is 3.96. The van der Waals surface area contributed by atoms with Gasteiger partial charge in [0.2, 0.25) is 0 Å². The van der Waals surface area contributed by atoms with Gasteiger partial charge in [-0.1, -0.05) is 30.3 Å². The molecule has 2 rings (SSSR count). The predicted molar refractivity (Wildman–Crippen MR) is 84.1 cm³/mol. The number of hydrogen-bond acceptors (Lipinski definition) is 3. The van der Waals surface area contributed by atoms with Crippen molar-refractivity contribution < 1.29 is 4.74 Å². The van der Waals surface area contributed by atoms with Gasteiger partial charge in [-0.3, -0.25) is 4.90 Å². The van der Waals surface area contributed by atoms with Gasteiger partial charge in [0.15, 0.2) is 0 Å². The fraction of sp³-hybridized carbons (Fsp3) is 0.647. The summed E-state index contributed by atoms with van der Waals surface area (Å²) in [6.45, 7) is 8.61. The van der Waals surface area contributed by atoms with Crippen molar-refractivity contribution in [3.63, 3.8) is 0 Å². The first kappa shape index (κ1) is 15.5. The van der Waals surface area contributed by atoms with Gasteiger partial charge in [-0.05, 0) is 44.8 Å². The van der Waals surface area contributed by atoms with E-state index in [0.29, 0.717) is 6.04 Å². The number of nitrogens with zero attached hydrogens (tertiary/aromatic N) is 1. The van der Waals surface area contributed by atoms with Gasteiger partial charge >= 0.3 is 0 Å². The molecule has 20 heavy (non-hydrogen) atoms. The van der Waals surface area contributed by atoms with Crippen molar-refractivity contribution in [3.8, 4) is 0 Å². The van der Waals surface area contributed by atoms with Crippen LogP contribution in [-0.2, 0) is 11.2 Å². The van der Waals surface area contributed by atoms with Crippen molar-refractivity contribution >= 4 is 0 Å². The lowest BCUT2D eigenvalue weighted by molar-refractivity contribution is 0.0374. The molecule has 1 aliphatic rings. The highest BCUT2D eigenvalue weighted by Crippen LogP contribution is 2.05. The summed E-state index contributed by atoms with van der Waals surface area (Å²) in [7, 11) is 0. The van der Waals surface area contributed by atoms with E-state index in [-0.39, 0.29) is 0 Å². The standard InChI is InChI=1S/C17H28N2O/c1-16(8-9-17-6-3-2-4-7-17)18-10-5-11-19-12-14-20-15-13-19/h2-4,6-7,16,18H,5,8-15H2,1H3/t16-/m0/s1. The molecule has 0 radical (unpaired) electrons. The van der Waals surface area contributed by atoms with Gasteiger partial charge in [-0.15, -0.1) is 0 Å². The largest absolute Gasteiger partial charge is 0.379 e. The fourth-order valence-corrected chi connectivity index (χ4v) is 2.61. The summed E-state index contributed by atoms with van der Waals surface area (Å²) < 4.78 is 5.36. The van der Waals surface area contributed by atoms with E-state index in [1.807, 2.05) is 0 Å². The number of benzene rings is 1. The Morgan fingerprint density at radius 3 is 2.70 bits per heavy atom. The lowest BCUT2D eigenvalue weighted by Crippen LogP contribution is -2.38. The Labute approximate surface area is 123 Å². The van der Waals surface area contributed by atoms with Gasteiger partial charge in [0, 0.05) is 19.1 Å². The molecule has 0 amide bonds. The average molecular weight is 276 g/mol. The summed E-state index contributed by atoms with van der Waals surface area (Å²) in [5.74, 6) is 0. The molecule has 1 heterocycles. The molecule has 0 saturated carbocycles. The maximum absolute atomic E-state index is 5.36. The fourth-order valence-electron chi connectivity index (χ4n) is 2.61. The van der Waals surface area contributed by atoms with Crippen molar-refractivity contribution in [1.82, 2.24) is 10.2 Å². The SMILES string of the molecule is C[C@@H](CCc1ccccc1)NCCCN1CCOCC1. The first-order chi connectivity index (χ1) is 9.84. The summed E-state index contributed by atoms with van der Waals surface area (Å²) in [4.78, 5) is 2.50. The molecule has 0 aromatic heterocycles. The summed E-state index contributed by atoms with van der Waals surface area (Å²) in [6, 6.07) is 11.3. The second-order valence-electron chi connectivity index (χ2n) is 5.69. The Kier molecular flexibility index (Phi) is 7.06. The molecular weight excluding hydrogens is 248 g/mol. The molecular formula is C17H28N2O. The number of hydrogen-bond donors (Lipinski definition) is 1. The minimum Gasteiger partial charge on any atom is -0.379 e. The zero-order chi connectivity index (χ0) is 14.0. The second kappa shape index (κ2) is 9.11. The molecule has 1 aromatic carbocycles. The Hall–Kier alpha value is -0.900. The number of ether oxygens (including phenoxy) is 1. The highest BCUT2D eigenvalue weighted by molar-refractivity contribution is 5.14. The van der Waals surface area contributed by atoms with Gasteiger partial charge in [-0.2, -0.15) is 0 Å². The predicted octanol–water partition coefficient (Wildman–Crippen LogP) is 2.32. The van der Waals surface area contributed by atoms with E-state index < -0.39 is 0 Å². The van der Waals surface area contributed by atoms with E-state index in [1.165, 1.54) is 31.4 Å². The molecule has 1 aromatic rings. The topological polar surface area (TPSA) is 24.5 Å². The van der Waals surface area contributed by atoms with E-state index in [4.69, 9.17) is 4.74 Å². The van der Waals surface area contributed by atoms with Crippen molar-refractivity contribution in [2.75, 3.05) is 39.4 Å². The molecule has 1 N–H and O–H groups in total. The van der Waals surface area contributed by atoms with Gasteiger partial charge in [0.1, 0.15) is 0 Å². The summed E-state index contributed by atoms with van der Waals surface area (Å²) in [5.41, 5.74) is 1.44. The summed E-state index contributed by atoms with van der Waals surface area (Å²) in [5, 5.41) is 3.63. The van der Waals surface area contributed by atoms with Crippen molar-refractivity contribution in [3.05, 3.63) is 35.9 Å². The molecule has 0 spiro atoms. The highest BCUT2D eigenvalue weighted by Gasteiger charge is 2.09. The van der Waals surface area contributed by atoms with Crippen LogP contribution in [0.5, 0.6) is 0 Å². The Bertz CT molecular complexity index is 349. The van der Waals surface area contributed by atoms with Gasteiger partial charge < -0.3 is 10.1 Å². The first-order valence-electron chi connectivity index (χ1n) is 7.92. The Balaban J connectivity index is 1.50. The van der Waals surface area contributed by atoms with Crippen LogP contribution in [0.1, 0.15) is 25.3 Å². The molecule has 3 heteroatoms. The minimum atomic E-state index is 0.597. The molecule has 0 unspecified atom stereocenters. The summed E-state index contributed by atoms with van der Waals surface area (Å²) in [6.07, 6.45) is 3.61. The number of morpholine rings is 1.